The summed E-state index contributed by atoms with van der Waals surface area (Å²) in [6.45, 7) is 1.95. The fourth-order valence-electron chi connectivity index (χ4n) is 5.28. The second kappa shape index (κ2) is 6.87. The Morgan fingerprint density at radius 1 is 1.10 bits per heavy atom. The van der Waals surface area contributed by atoms with E-state index < -0.39 is 5.60 Å². The van der Waals surface area contributed by atoms with Gasteiger partial charge in [-0.25, -0.2) is 0 Å². The number of aromatic nitrogens is 2. The summed E-state index contributed by atoms with van der Waals surface area (Å²) in [4.78, 5) is 15.3. The Balaban J connectivity index is 1.29. The molecule has 158 valence electrons. The summed E-state index contributed by atoms with van der Waals surface area (Å²) in [5.74, 6) is 1.72. The highest BCUT2D eigenvalue weighted by molar-refractivity contribution is 5.97. The Hall–Kier alpha value is -3.28. The molecule has 3 aromatic rings. The number of amides is 1. The van der Waals surface area contributed by atoms with Crippen LogP contribution in [-0.2, 0) is 19.1 Å². The Morgan fingerprint density at radius 2 is 1.94 bits per heavy atom. The minimum absolute atomic E-state index is 0.0521. The van der Waals surface area contributed by atoms with Gasteiger partial charge in [-0.2, -0.15) is 5.10 Å². The van der Waals surface area contributed by atoms with E-state index in [9.17, 15) is 4.79 Å². The van der Waals surface area contributed by atoms with Gasteiger partial charge in [-0.3, -0.25) is 9.48 Å². The van der Waals surface area contributed by atoms with Crippen LogP contribution in [0, 0.1) is 0 Å². The Kier molecular flexibility index (Phi) is 4.10. The van der Waals surface area contributed by atoms with Crippen LogP contribution in [0.5, 0.6) is 11.5 Å². The molecule has 31 heavy (non-hydrogen) atoms. The van der Waals surface area contributed by atoms with Gasteiger partial charge >= 0.3 is 0 Å². The maximum Gasteiger partial charge on any atom is 0.257 e. The summed E-state index contributed by atoms with van der Waals surface area (Å²) in [5, 5.41) is 4.54. The maximum atomic E-state index is 13.4. The molecule has 3 aliphatic heterocycles. The minimum atomic E-state index is -0.443. The van der Waals surface area contributed by atoms with Crippen molar-refractivity contribution in [3.05, 3.63) is 65.4 Å². The summed E-state index contributed by atoms with van der Waals surface area (Å²) in [7, 11) is 1.98. The molecular formula is C25H25N3O3. The smallest absolute Gasteiger partial charge is 0.257 e. The number of likely N-dealkylation sites (tertiary alicyclic amines) is 1. The molecule has 0 unspecified atom stereocenters. The first kappa shape index (κ1) is 18.5. The number of nitrogens with zero attached hydrogens (tertiary/aromatic N) is 3. The molecule has 0 bridgehead atoms. The Labute approximate surface area is 181 Å². The van der Waals surface area contributed by atoms with Gasteiger partial charge in [0.05, 0.1) is 24.1 Å². The first-order valence-electron chi connectivity index (χ1n) is 11.0. The molecule has 0 radical (unpaired) electrons. The van der Waals surface area contributed by atoms with Gasteiger partial charge < -0.3 is 14.4 Å². The molecular weight excluding hydrogens is 390 g/mol. The molecule has 0 saturated carbocycles. The van der Waals surface area contributed by atoms with Crippen LogP contribution in [0.4, 0.5) is 0 Å². The zero-order valence-corrected chi connectivity index (χ0v) is 17.6. The van der Waals surface area contributed by atoms with E-state index in [2.05, 4.69) is 17.2 Å². The lowest BCUT2D eigenvalue weighted by molar-refractivity contribution is -0.00183. The number of aryl methyl sites for hydroxylation is 2. The van der Waals surface area contributed by atoms with E-state index >= 15 is 0 Å². The molecule has 6 nitrogen and oxygen atoms in total. The lowest BCUT2D eigenvalue weighted by Gasteiger charge is -2.44. The third-order valence-electron chi connectivity index (χ3n) is 6.90. The zero-order chi connectivity index (χ0) is 21.0. The fourth-order valence-corrected chi connectivity index (χ4v) is 5.28. The summed E-state index contributed by atoms with van der Waals surface area (Å²) in [6, 6.07) is 14.1. The molecule has 1 saturated heterocycles. The van der Waals surface area contributed by atoms with Gasteiger partial charge in [0.15, 0.2) is 0 Å². The number of ether oxygens (including phenoxy) is 2. The molecule has 0 aliphatic carbocycles. The molecule has 3 aliphatic rings. The number of piperidine rings is 1. The number of benzene rings is 2. The quantitative estimate of drug-likeness (QED) is 0.604. The lowest BCUT2D eigenvalue weighted by Crippen LogP contribution is -2.49. The van der Waals surface area contributed by atoms with Gasteiger partial charge in [-0.15, -0.1) is 0 Å². The van der Waals surface area contributed by atoms with Crippen LogP contribution in [0.3, 0.4) is 0 Å². The highest BCUT2D eigenvalue weighted by Crippen LogP contribution is 2.49. The predicted molar refractivity (Wildman–Crippen MR) is 116 cm³/mol. The topological polar surface area (TPSA) is 56.6 Å². The highest BCUT2D eigenvalue weighted by Gasteiger charge is 2.46. The average molecular weight is 415 g/mol. The van der Waals surface area contributed by atoms with E-state index in [0.29, 0.717) is 25.3 Å². The van der Waals surface area contributed by atoms with E-state index in [4.69, 9.17) is 9.47 Å². The van der Waals surface area contributed by atoms with Crippen molar-refractivity contribution in [3.63, 3.8) is 0 Å². The average Bonchev–Trinajstić information content (AvgIpc) is 3.22. The minimum Gasteiger partial charge on any atom is -0.492 e. The monoisotopic (exact) mass is 415 g/mol. The SMILES string of the molecule is Cn1ncc2c1-c1ccccc1OC21CCN(C(=O)c2cccc3c2OCCC3)CC1. The van der Waals surface area contributed by atoms with Crippen LogP contribution in [0.2, 0.25) is 0 Å². The van der Waals surface area contributed by atoms with E-state index in [1.54, 1.807) is 0 Å². The van der Waals surface area contributed by atoms with Crippen LogP contribution in [-0.4, -0.2) is 40.3 Å². The van der Waals surface area contributed by atoms with Crippen LogP contribution in [0.25, 0.3) is 11.3 Å². The van der Waals surface area contributed by atoms with Crippen molar-refractivity contribution in [1.82, 2.24) is 14.7 Å². The van der Waals surface area contributed by atoms with Crippen LogP contribution in [0.15, 0.2) is 48.7 Å². The summed E-state index contributed by atoms with van der Waals surface area (Å²) in [5.41, 5.74) is 4.70. The Bertz CT molecular complexity index is 1170. The molecule has 0 atom stereocenters. The van der Waals surface area contributed by atoms with Gasteiger partial charge in [-0.1, -0.05) is 24.3 Å². The third-order valence-corrected chi connectivity index (χ3v) is 6.90. The Morgan fingerprint density at radius 3 is 2.81 bits per heavy atom. The summed E-state index contributed by atoms with van der Waals surface area (Å²) < 4.78 is 14.4. The third kappa shape index (κ3) is 2.77. The largest absolute Gasteiger partial charge is 0.492 e. The molecule has 1 fully saturated rings. The van der Waals surface area contributed by atoms with E-state index in [0.717, 1.165) is 59.6 Å². The number of carbonyl (C=O) groups is 1. The van der Waals surface area contributed by atoms with Gasteiger partial charge in [-0.05, 0) is 36.6 Å². The number of para-hydroxylation sites is 2. The molecule has 1 amide bonds. The first-order valence-corrected chi connectivity index (χ1v) is 11.0. The standard InChI is InChI=1S/C25H25N3O3/c1-27-22-18-8-2-3-10-21(18)31-25(20(22)16-26-27)11-13-28(14-12-25)24(29)19-9-4-6-17-7-5-15-30-23(17)19/h2-4,6,8-10,16H,5,7,11-15H2,1H3. The normalized spacial score (nSPS) is 18.4. The number of fused-ring (bicyclic) bond motifs is 5. The van der Waals surface area contributed by atoms with Crippen molar-refractivity contribution < 1.29 is 14.3 Å². The molecule has 2 aromatic carbocycles. The van der Waals surface area contributed by atoms with Crippen molar-refractivity contribution in [2.45, 2.75) is 31.3 Å². The molecule has 0 N–H and O–H groups in total. The molecule has 6 heteroatoms. The number of rotatable bonds is 1. The second-order valence-electron chi connectivity index (χ2n) is 8.66. The van der Waals surface area contributed by atoms with Gasteiger partial charge in [0, 0.05) is 44.1 Å². The van der Waals surface area contributed by atoms with Crippen molar-refractivity contribution in [1.29, 1.82) is 0 Å². The van der Waals surface area contributed by atoms with E-state index in [-0.39, 0.29) is 5.91 Å². The van der Waals surface area contributed by atoms with E-state index in [1.165, 1.54) is 0 Å². The van der Waals surface area contributed by atoms with E-state index in [1.807, 2.05) is 53.2 Å². The van der Waals surface area contributed by atoms with Gasteiger partial charge in [0.2, 0.25) is 0 Å². The van der Waals surface area contributed by atoms with Crippen molar-refractivity contribution in [3.8, 4) is 22.8 Å². The predicted octanol–water partition coefficient (Wildman–Crippen LogP) is 3.94. The zero-order valence-electron chi connectivity index (χ0n) is 17.6. The first-order chi connectivity index (χ1) is 15.2. The fraction of sp³-hybridized carbons (Fsp3) is 0.360. The molecule has 1 aromatic heterocycles. The number of hydrogen-bond acceptors (Lipinski definition) is 4. The number of hydrogen-bond donors (Lipinski definition) is 0. The second-order valence-corrected chi connectivity index (χ2v) is 8.66. The van der Waals surface area contributed by atoms with Crippen LogP contribution >= 0.6 is 0 Å². The maximum absolute atomic E-state index is 13.4. The van der Waals surface area contributed by atoms with Crippen LogP contribution in [0.1, 0.15) is 40.7 Å². The van der Waals surface area contributed by atoms with Gasteiger partial charge in [0.1, 0.15) is 17.1 Å². The van der Waals surface area contributed by atoms with Gasteiger partial charge in [0.25, 0.3) is 5.91 Å². The van der Waals surface area contributed by atoms with Crippen LogP contribution < -0.4 is 9.47 Å². The lowest BCUT2D eigenvalue weighted by atomic mass is 9.81. The summed E-state index contributed by atoms with van der Waals surface area (Å²) >= 11 is 0. The number of carbonyl (C=O) groups excluding carboxylic acids is 1. The van der Waals surface area contributed by atoms with Crippen molar-refractivity contribution in [2.24, 2.45) is 7.05 Å². The van der Waals surface area contributed by atoms with Crippen molar-refractivity contribution in [2.75, 3.05) is 19.7 Å². The molecule has 1 spiro atoms. The molecule has 6 rings (SSSR count). The highest BCUT2D eigenvalue weighted by atomic mass is 16.5. The van der Waals surface area contributed by atoms with Crippen molar-refractivity contribution >= 4 is 5.91 Å². The summed E-state index contributed by atoms with van der Waals surface area (Å²) in [6.07, 6.45) is 5.38. The molecule has 4 heterocycles.